The molecule has 3 fully saturated rings. The normalized spacial score (nSPS) is 27.8. The minimum absolute atomic E-state index is 0.0195. The van der Waals surface area contributed by atoms with Gasteiger partial charge in [0.25, 0.3) is 0 Å². The van der Waals surface area contributed by atoms with Gasteiger partial charge in [0.2, 0.25) is 11.8 Å². The third-order valence-electron chi connectivity index (χ3n) is 9.92. The fourth-order valence-corrected chi connectivity index (χ4v) is 11.3. The van der Waals surface area contributed by atoms with Crippen molar-refractivity contribution in [2.45, 2.75) is 54.9 Å². The summed E-state index contributed by atoms with van der Waals surface area (Å²) in [6.45, 7) is 0.660. The number of ether oxygens (including phenoxy) is 2. The van der Waals surface area contributed by atoms with Crippen molar-refractivity contribution in [3.8, 4) is 11.5 Å². The summed E-state index contributed by atoms with van der Waals surface area (Å²) in [7, 11) is 1.60. The molecule has 0 radical (unpaired) electrons. The zero-order valence-electron chi connectivity index (χ0n) is 24.6. The number of imide groups is 1. The van der Waals surface area contributed by atoms with E-state index in [1.54, 1.807) is 18.9 Å². The van der Waals surface area contributed by atoms with Crippen molar-refractivity contribution in [3.63, 3.8) is 0 Å². The molecule has 0 spiro atoms. The standard InChI is InChI=1S/C33H33ClN2O7S2/c1-42-22-13-17(9-10-21(22)43-15-16-6-5-7-18(34)12-16)24-25-19-14-20(28(25)44-30-29(24)45-33(41)35-30)27-26(19)31(39)36(32(27)40)11-4-2-3-8-23(37)38/h5-7,9-10,12-13,19-20,24-28H,2-4,8,11,14-15H2,1H3,(H,35,41)(H,37,38)/t19?,20?,24-,25?,26?,27?,28?/m1/s1. The molecule has 2 bridgehead atoms. The number of nitrogens with zero attached hydrogens (tertiary/aromatic N) is 1. The van der Waals surface area contributed by atoms with Crippen LogP contribution < -0.4 is 14.3 Å². The maximum atomic E-state index is 13.8. The van der Waals surface area contributed by atoms with Crippen LogP contribution in [0.1, 0.15) is 54.0 Å². The molecule has 3 heterocycles. The summed E-state index contributed by atoms with van der Waals surface area (Å²) in [5, 5.41) is 10.5. The number of rotatable bonds is 11. The second-order valence-electron chi connectivity index (χ2n) is 12.3. The fourth-order valence-electron chi connectivity index (χ4n) is 8.18. The van der Waals surface area contributed by atoms with E-state index in [4.69, 9.17) is 26.2 Å². The Balaban J connectivity index is 1.16. The van der Waals surface area contributed by atoms with Gasteiger partial charge >= 0.3 is 10.8 Å². The predicted octanol–water partition coefficient (Wildman–Crippen LogP) is 5.80. The van der Waals surface area contributed by atoms with Crippen LogP contribution in [0.15, 0.2) is 52.3 Å². The number of hydrogen-bond acceptors (Lipinski definition) is 8. The number of carbonyl (C=O) groups excluding carboxylic acids is 2. The molecule has 2 aromatic carbocycles. The van der Waals surface area contributed by atoms with Crippen molar-refractivity contribution in [2.75, 3.05) is 13.7 Å². The lowest BCUT2D eigenvalue weighted by atomic mass is 9.68. The molecule has 1 aromatic heterocycles. The number of unbranched alkanes of at least 4 members (excludes halogenated alkanes) is 2. The van der Waals surface area contributed by atoms with E-state index in [1.807, 2.05) is 42.5 Å². The molecule has 9 nitrogen and oxygen atoms in total. The second-order valence-corrected chi connectivity index (χ2v) is 15.0. The third kappa shape index (κ3) is 5.36. The number of aromatic amines is 1. The summed E-state index contributed by atoms with van der Waals surface area (Å²) < 4.78 is 11.9. The van der Waals surface area contributed by atoms with Crippen molar-refractivity contribution in [1.29, 1.82) is 0 Å². The first-order valence-electron chi connectivity index (χ1n) is 15.3. The van der Waals surface area contributed by atoms with E-state index < -0.39 is 5.97 Å². The van der Waals surface area contributed by atoms with Gasteiger partial charge in [0, 0.05) is 34.0 Å². The van der Waals surface area contributed by atoms with Crippen LogP contribution in [0.25, 0.3) is 0 Å². The van der Waals surface area contributed by atoms with Crippen LogP contribution >= 0.6 is 34.7 Å². The lowest BCUT2D eigenvalue weighted by molar-refractivity contribution is -0.141. The first-order valence-corrected chi connectivity index (χ1v) is 17.3. The smallest absolute Gasteiger partial charge is 0.305 e. The zero-order chi connectivity index (χ0) is 31.4. The van der Waals surface area contributed by atoms with Gasteiger partial charge in [-0.1, -0.05) is 47.6 Å². The van der Waals surface area contributed by atoms with E-state index in [0.717, 1.165) is 27.5 Å². The lowest BCUT2D eigenvalue weighted by Crippen LogP contribution is -2.42. The van der Waals surface area contributed by atoms with Gasteiger partial charge in [0.15, 0.2) is 11.5 Å². The molecule has 3 aromatic rings. The largest absolute Gasteiger partial charge is 0.493 e. The predicted molar refractivity (Wildman–Crippen MR) is 170 cm³/mol. The number of carboxylic acid groups (broad SMARTS) is 1. The Labute approximate surface area is 273 Å². The Morgan fingerprint density at radius 1 is 1.04 bits per heavy atom. The first-order chi connectivity index (χ1) is 21.7. The molecule has 12 heteroatoms. The van der Waals surface area contributed by atoms with Crippen LogP contribution in [-0.2, 0) is 21.0 Å². The van der Waals surface area contributed by atoms with E-state index >= 15 is 0 Å². The monoisotopic (exact) mass is 668 g/mol. The van der Waals surface area contributed by atoms with Crippen molar-refractivity contribution in [1.82, 2.24) is 9.88 Å². The number of benzene rings is 2. The Bertz CT molecular complexity index is 1720. The van der Waals surface area contributed by atoms with Gasteiger partial charge in [0.1, 0.15) is 6.61 Å². The zero-order valence-corrected chi connectivity index (χ0v) is 27.0. The van der Waals surface area contributed by atoms with Crippen LogP contribution in [0.4, 0.5) is 0 Å². The fraction of sp³-hybridized carbons (Fsp3) is 0.455. The number of halogens is 1. The maximum Gasteiger partial charge on any atom is 0.305 e. The number of nitrogens with one attached hydrogen (secondary N) is 1. The number of likely N-dealkylation sites (tertiary alicyclic amines) is 1. The number of carboxylic acids is 1. The average Bonchev–Trinajstić information content (AvgIpc) is 3.75. The molecular formula is C33H33ClN2O7S2. The Morgan fingerprint density at radius 2 is 1.84 bits per heavy atom. The molecule has 2 saturated carbocycles. The summed E-state index contributed by atoms with van der Waals surface area (Å²) in [4.78, 5) is 56.3. The molecule has 7 atom stereocenters. The molecule has 2 N–H and O–H groups in total. The number of hydrogen-bond donors (Lipinski definition) is 2. The second kappa shape index (κ2) is 12.1. The minimum Gasteiger partial charge on any atom is -0.493 e. The molecule has 1 saturated heterocycles. The van der Waals surface area contributed by atoms with Gasteiger partial charge < -0.3 is 19.6 Å². The van der Waals surface area contributed by atoms with Crippen LogP contribution in [0.3, 0.4) is 0 Å². The Morgan fingerprint density at radius 3 is 2.60 bits per heavy atom. The Kier molecular flexibility index (Phi) is 8.20. The average molecular weight is 669 g/mol. The number of carbonyl (C=O) groups is 3. The summed E-state index contributed by atoms with van der Waals surface area (Å²) in [5.74, 6) is -0.514. The molecule has 7 rings (SSSR count). The van der Waals surface area contributed by atoms with Crippen molar-refractivity contribution in [2.24, 2.45) is 29.6 Å². The van der Waals surface area contributed by atoms with Gasteiger partial charge in [-0.25, -0.2) is 0 Å². The third-order valence-corrected chi connectivity index (χ3v) is 12.7. The molecule has 6 unspecified atom stereocenters. The summed E-state index contributed by atoms with van der Waals surface area (Å²) in [6.07, 6.45) is 2.69. The van der Waals surface area contributed by atoms with Crippen LogP contribution in [0, 0.1) is 29.6 Å². The van der Waals surface area contributed by atoms with Crippen LogP contribution in [-0.4, -0.2) is 51.7 Å². The van der Waals surface area contributed by atoms with E-state index in [2.05, 4.69) is 4.98 Å². The highest BCUT2D eigenvalue weighted by Gasteiger charge is 2.69. The number of aliphatic carboxylic acids is 1. The molecule has 4 aliphatic rings. The topological polar surface area (TPSA) is 126 Å². The lowest BCUT2D eigenvalue weighted by Gasteiger charge is -2.43. The molecule has 2 aliphatic carbocycles. The highest BCUT2D eigenvalue weighted by Crippen LogP contribution is 2.68. The van der Waals surface area contributed by atoms with Crippen molar-refractivity contribution in [3.05, 3.63) is 73.2 Å². The van der Waals surface area contributed by atoms with Gasteiger partial charge in [-0.05, 0) is 72.4 Å². The summed E-state index contributed by atoms with van der Waals surface area (Å²) >= 11 is 9.02. The quantitative estimate of drug-likeness (QED) is 0.194. The number of thiazole rings is 1. The molecule has 45 heavy (non-hydrogen) atoms. The van der Waals surface area contributed by atoms with Gasteiger partial charge in [0.05, 0.1) is 24.0 Å². The summed E-state index contributed by atoms with van der Waals surface area (Å²) in [5.41, 5.74) is 1.93. The first kappa shape index (κ1) is 30.4. The Hall–Kier alpha value is -3.28. The molecule has 2 amide bonds. The number of H-pyrrole nitrogens is 1. The van der Waals surface area contributed by atoms with Crippen LogP contribution in [0.5, 0.6) is 11.5 Å². The van der Waals surface area contributed by atoms with Gasteiger partial charge in [-0.15, -0.1) is 11.8 Å². The molecule has 236 valence electrons. The van der Waals surface area contributed by atoms with E-state index in [1.165, 1.54) is 16.2 Å². The highest BCUT2D eigenvalue weighted by atomic mass is 35.5. The number of fused-ring (bicyclic) bond motifs is 9. The van der Waals surface area contributed by atoms with Gasteiger partial charge in [-0.3, -0.25) is 24.1 Å². The number of thioether (sulfide) groups is 1. The maximum absolute atomic E-state index is 13.8. The van der Waals surface area contributed by atoms with Crippen molar-refractivity contribution < 1.29 is 29.0 Å². The highest BCUT2D eigenvalue weighted by molar-refractivity contribution is 8.00. The number of aromatic nitrogens is 1. The van der Waals surface area contributed by atoms with E-state index in [-0.39, 0.29) is 63.9 Å². The number of amides is 2. The van der Waals surface area contributed by atoms with E-state index in [0.29, 0.717) is 48.9 Å². The SMILES string of the molecule is COc1cc([C@H]2c3sc(=O)[nH]c3SC3C4CC(C5C(=O)N(CCCCCC(=O)O)C(=O)C45)C32)ccc1OCc1cccc(Cl)c1. The summed E-state index contributed by atoms with van der Waals surface area (Å²) in [6, 6.07) is 13.4. The molecule has 2 aliphatic heterocycles. The minimum atomic E-state index is -0.837. The molecular weight excluding hydrogens is 636 g/mol. The van der Waals surface area contributed by atoms with Crippen molar-refractivity contribution >= 4 is 52.5 Å². The van der Waals surface area contributed by atoms with E-state index in [9.17, 15) is 19.2 Å². The number of methoxy groups -OCH3 is 1. The van der Waals surface area contributed by atoms with Crippen LogP contribution in [0.2, 0.25) is 5.02 Å². The van der Waals surface area contributed by atoms with Gasteiger partial charge in [-0.2, -0.15) is 0 Å².